The maximum absolute atomic E-state index is 13.2. The van der Waals surface area contributed by atoms with Gasteiger partial charge in [-0.3, -0.25) is 4.79 Å². The maximum Gasteiger partial charge on any atom is 0.392 e. The molecule has 6 heteroatoms. The second-order valence-corrected chi connectivity index (χ2v) is 6.42. The molecule has 114 valence electrons. The zero-order chi connectivity index (χ0) is 14.4. The van der Waals surface area contributed by atoms with E-state index in [1.165, 1.54) is 0 Å². The molecule has 1 saturated carbocycles. The highest BCUT2D eigenvalue weighted by atomic mass is 19.4. The van der Waals surface area contributed by atoms with Gasteiger partial charge in [0.25, 0.3) is 0 Å². The fraction of sp³-hybridized carbons (Fsp3) is 0.929. The molecule has 1 amide bonds. The lowest BCUT2D eigenvalue weighted by Crippen LogP contribution is -2.58. The summed E-state index contributed by atoms with van der Waals surface area (Å²) in [5.74, 6) is -1.38. The van der Waals surface area contributed by atoms with Crippen LogP contribution in [-0.2, 0) is 9.53 Å². The molecule has 3 aliphatic rings. The van der Waals surface area contributed by atoms with Crippen LogP contribution in [0.5, 0.6) is 0 Å². The van der Waals surface area contributed by atoms with Crippen molar-refractivity contribution in [2.24, 2.45) is 17.3 Å². The standard InChI is InChI=1S/C14H20F3NO2/c15-14(16,17)11-2-6-18(9-13(11)4-1-5-13)12(19)10-3-7-20-8-10/h10-11H,1-9H2. The lowest BCUT2D eigenvalue weighted by molar-refractivity contribution is -0.238. The van der Waals surface area contributed by atoms with Gasteiger partial charge in [-0.15, -0.1) is 0 Å². The molecular weight excluding hydrogens is 271 g/mol. The molecule has 20 heavy (non-hydrogen) atoms. The van der Waals surface area contributed by atoms with E-state index < -0.39 is 17.5 Å². The number of likely N-dealkylation sites (tertiary alicyclic amines) is 1. The summed E-state index contributed by atoms with van der Waals surface area (Å²) < 4.78 is 44.7. The number of carbonyl (C=O) groups is 1. The Hall–Kier alpha value is -0.780. The molecule has 0 aromatic carbocycles. The topological polar surface area (TPSA) is 29.5 Å². The number of alkyl halides is 3. The Morgan fingerprint density at radius 1 is 1.25 bits per heavy atom. The second kappa shape index (κ2) is 4.90. The number of halogens is 3. The molecule has 0 bridgehead atoms. The van der Waals surface area contributed by atoms with Crippen molar-refractivity contribution in [1.29, 1.82) is 0 Å². The van der Waals surface area contributed by atoms with Crippen LogP contribution in [0.2, 0.25) is 0 Å². The molecule has 1 spiro atoms. The number of amides is 1. The smallest absolute Gasteiger partial charge is 0.381 e. The summed E-state index contributed by atoms with van der Waals surface area (Å²) in [6.45, 7) is 1.53. The lowest BCUT2D eigenvalue weighted by atomic mass is 9.58. The van der Waals surface area contributed by atoms with Gasteiger partial charge >= 0.3 is 6.18 Å². The van der Waals surface area contributed by atoms with Crippen molar-refractivity contribution in [3.63, 3.8) is 0 Å². The number of carbonyl (C=O) groups excluding carboxylic acids is 1. The summed E-state index contributed by atoms with van der Waals surface area (Å²) in [6, 6.07) is 0. The van der Waals surface area contributed by atoms with Crippen LogP contribution < -0.4 is 0 Å². The Balaban J connectivity index is 1.71. The van der Waals surface area contributed by atoms with E-state index in [1.54, 1.807) is 4.90 Å². The Kier molecular flexibility index (Phi) is 3.47. The molecule has 0 N–H and O–H groups in total. The quantitative estimate of drug-likeness (QED) is 0.743. The number of nitrogens with zero attached hydrogens (tertiary/aromatic N) is 1. The fourth-order valence-corrected chi connectivity index (χ4v) is 3.98. The van der Waals surface area contributed by atoms with Gasteiger partial charge in [0.05, 0.1) is 18.4 Å². The lowest BCUT2D eigenvalue weighted by Gasteiger charge is -2.54. The Morgan fingerprint density at radius 3 is 2.50 bits per heavy atom. The van der Waals surface area contributed by atoms with Gasteiger partial charge in [-0.1, -0.05) is 6.42 Å². The normalized spacial score (nSPS) is 33.2. The Morgan fingerprint density at radius 2 is 2.00 bits per heavy atom. The van der Waals surface area contributed by atoms with Crippen molar-refractivity contribution >= 4 is 5.91 Å². The monoisotopic (exact) mass is 291 g/mol. The molecule has 1 aliphatic carbocycles. The van der Waals surface area contributed by atoms with Crippen LogP contribution in [0.3, 0.4) is 0 Å². The third-order valence-corrected chi connectivity index (χ3v) is 5.27. The van der Waals surface area contributed by atoms with Crippen LogP contribution in [0.1, 0.15) is 32.1 Å². The molecule has 0 aromatic heterocycles. The van der Waals surface area contributed by atoms with Gasteiger partial charge in [0, 0.05) is 19.7 Å². The zero-order valence-corrected chi connectivity index (χ0v) is 11.4. The summed E-state index contributed by atoms with van der Waals surface area (Å²) in [7, 11) is 0. The minimum atomic E-state index is -4.13. The van der Waals surface area contributed by atoms with Gasteiger partial charge in [0.15, 0.2) is 0 Å². The maximum atomic E-state index is 13.2. The molecule has 3 nitrogen and oxygen atoms in total. The van der Waals surface area contributed by atoms with Crippen LogP contribution in [0.15, 0.2) is 0 Å². The molecule has 2 aliphatic heterocycles. The SMILES string of the molecule is O=C(C1CCOC1)N1CCC(C(F)(F)F)C2(CCC2)C1. The van der Waals surface area contributed by atoms with E-state index in [0.29, 0.717) is 32.5 Å². The number of hydrogen-bond donors (Lipinski definition) is 0. The average molecular weight is 291 g/mol. The van der Waals surface area contributed by atoms with E-state index in [-0.39, 0.29) is 31.3 Å². The highest BCUT2D eigenvalue weighted by Gasteiger charge is 2.58. The zero-order valence-electron chi connectivity index (χ0n) is 11.4. The highest BCUT2D eigenvalue weighted by molar-refractivity contribution is 5.79. The average Bonchev–Trinajstić information content (AvgIpc) is 2.88. The highest BCUT2D eigenvalue weighted by Crippen LogP contribution is 2.56. The molecular formula is C14H20F3NO2. The molecule has 3 fully saturated rings. The summed E-state index contributed by atoms with van der Waals surface area (Å²) in [5, 5.41) is 0. The third-order valence-electron chi connectivity index (χ3n) is 5.27. The van der Waals surface area contributed by atoms with E-state index in [1.807, 2.05) is 0 Å². The largest absolute Gasteiger partial charge is 0.392 e. The van der Waals surface area contributed by atoms with Gasteiger partial charge in [-0.2, -0.15) is 13.2 Å². The van der Waals surface area contributed by atoms with Gasteiger partial charge in [-0.25, -0.2) is 0 Å². The molecule has 3 rings (SSSR count). The first-order chi connectivity index (χ1) is 9.42. The first-order valence-electron chi connectivity index (χ1n) is 7.36. The first kappa shape index (κ1) is 14.2. The van der Waals surface area contributed by atoms with Crippen LogP contribution in [-0.4, -0.2) is 43.3 Å². The second-order valence-electron chi connectivity index (χ2n) is 6.42. The molecule has 2 atom stereocenters. The third kappa shape index (κ3) is 2.32. The Labute approximate surface area is 116 Å². The predicted octanol–water partition coefficient (Wildman–Crippen LogP) is 2.60. The summed E-state index contributed by atoms with van der Waals surface area (Å²) in [4.78, 5) is 14.0. The van der Waals surface area contributed by atoms with E-state index in [2.05, 4.69) is 0 Å². The van der Waals surface area contributed by atoms with Gasteiger partial charge in [0.1, 0.15) is 0 Å². The van der Waals surface area contributed by atoms with E-state index in [4.69, 9.17) is 4.74 Å². The molecule has 2 unspecified atom stereocenters. The van der Waals surface area contributed by atoms with Crippen molar-refractivity contribution < 1.29 is 22.7 Å². The van der Waals surface area contributed by atoms with Crippen LogP contribution in [0, 0.1) is 17.3 Å². The molecule has 2 heterocycles. The van der Waals surface area contributed by atoms with Gasteiger partial charge < -0.3 is 9.64 Å². The van der Waals surface area contributed by atoms with E-state index >= 15 is 0 Å². The first-order valence-corrected chi connectivity index (χ1v) is 7.36. The number of hydrogen-bond acceptors (Lipinski definition) is 2. The minimum Gasteiger partial charge on any atom is -0.381 e. The molecule has 2 saturated heterocycles. The van der Waals surface area contributed by atoms with Crippen molar-refractivity contribution in [1.82, 2.24) is 4.90 Å². The number of rotatable bonds is 1. The van der Waals surface area contributed by atoms with Crippen LogP contribution in [0.25, 0.3) is 0 Å². The predicted molar refractivity (Wildman–Crippen MR) is 66.0 cm³/mol. The molecule has 0 radical (unpaired) electrons. The molecule has 0 aromatic rings. The van der Waals surface area contributed by atoms with Crippen molar-refractivity contribution in [2.75, 3.05) is 26.3 Å². The van der Waals surface area contributed by atoms with Crippen molar-refractivity contribution in [3.05, 3.63) is 0 Å². The van der Waals surface area contributed by atoms with E-state index in [9.17, 15) is 18.0 Å². The number of piperidine rings is 1. The fourth-order valence-electron chi connectivity index (χ4n) is 3.98. The van der Waals surface area contributed by atoms with Crippen molar-refractivity contribution in [2.45, 2.75) is 38.3 Å². The Bertz CT molecular complexity index is 386. The van der Waals surface area contributed by atoms with Gasteiger partial charge in [0.2, 0.25) is 5.91 Å². The number of ether oxygens (including phenoxy) is 1. The van der Waals surface area contributed by atoms with Crippen molar-refractivity contribution in [3.8, 4) is 0 Å². The van der Waals surface area contributed by atoms with Crippen LogP contribution in [0.4, 0.5) is 13.2 Å². The van der Waals surface area contributed by atoms with Gasteiger partial charge in [-0.05, 0) is 31.1 Å². The van der Waals surface area contributed by atoms with Crippen LogP contribution >= 0.6 is 0 Å². The summed E-state index contributed by atoms with van der Waals surface area (Å²) >= 11 is 0. The summed E-state index contributed by atoms with van der Waals surface area (Å²) in [5.41, 5.74) is -0.703. The minimum absolute atomic E-state index is 0.00519. The summed E-state index contributed by atoms with van der Waals surface area (Å²) in [6.07, 6.45) is -1.33. The van der Waals surface area contributed by atoms with E-state index in [0.717, 1.165) is 6.42 Å².